The normalized spacial score (nSPS) is 26.2. The van der Waals surface area contributed by atoms with Crippen LogP contribution in [0, 0.1) is 0 Å². The molecule has 0 amide bonds. The van der Waals surface area contributed by atoms with E-state index < -0.39 is 0 Å². The molecule has 0 aliphatic carbocycles. The van der Waals surface area contributed by atoms with Gasteiger partial charge in [-0.1, -0.05) is 54.6 Å². The van der Waals surface area contributed by atoms with Crippen LogP contribution in [0.5, 0.6) is 0 Å². The van der Waals surface area contributed by atoms with Crippen LogP contribution in [0.1, 0.15) is 29.7 Å². The van der Waals surface area contributed by atoms with Crippen molar-refractivity contribution in [1.82, 2.24) is 10.2 Å². The lowest BCUT2D eigenvalue weighted by atomic mass is 9.82. The molecule has 124 valence electrons. The van der Waals surface area contributed by atoms with Crippen LogP contribution in [0.25, 0.3) is 0 Å². The van der Waals surface area contributed by atoms with Crippen LogP contribution in [0.3, 0.4) is 0 Å². The summed E-state index contributed by atoms with van der Waals surface area (Å²) in [6, 6.07) is 21.5. The van der Waals surface area contributed by atoms with E-state index in [-0.39, 0.29) is 24.8 Å². The molecule has 2 aromatic carbocycles. The SMILES string of the molecule is CC1NCCN2C(c3ccccc3)c3ccccc3CC12.Cl.Cl. The Hall–Kier alpha value is -1.06. The van der Waals surface area contributed by atoms with E-state index in [0.717, 1.165) is 19.5 Å². The summed E-state index contributed by atoms with van der Waals surface area (Å²) in [5.74, 6) is 0. The van der Waals surface area contributed by atoms with Crippen molar-refractivity contribution in [3.05, 3.63) is 71.3 Å². The standard InChI is InChI=1S/C19H22N2.2ClH/c1-14-18-13-16-9-5-6-10-17(16)19(21(18)12-11-20-14)15-7-3-2-4-8-15;;/h2-10,14,18-20H,11-13H2,1H3;2*1H. The predicted octanol–water partition coefficient (Wildman–Crippen LogP) is 3.84. The largest absolute Gasteiger partial charge is 0.311 e. The number of piperazine rings is 1. The summed E-state index contributed by atoms with van der Waals surface area (Å²) in [5.41, 5.74) is 4.43. The molecule has 2 aliphatic heterocycles. The summed E-state index contributed by atoms with van der Waals surface area (Å²) in [4.78, 5) is 2.71. The second-order valence-corrected chi connectivity index (χ2v) is 6.26. The lowest BCUT2D eigenvalue weighted by Crippen LogP contribution is -2.60. The topological polar surface area (TPSA) is 15.3 Å². The minimum atomic E-state index is 0. The third-order valence-electron chi connectivity index (χ3n) is 5.07. The van der Waals surface area contributed by atoms with Crippen LogP contribution in [0.15, 0.2) is 54.6 Å². The molecule has 2 nitrogen and oxygen atoms in total. The van der Waals surface area contributed by atoms with Gasteiger partial charge in [-0.15, -0.1) is 24.8 Å². The second kappa shape index (κ2) is 7.67. The molecule has 4 rings (SSSR count). The van der Waals surface area contributed by atoms with Gasteiger partial charge in [0.1, 0.15) is 0 Å². The van der Waals surface area contributed by atoms with Gasteiger partial charge in [-0.25, -0.2) is 0 Å². The van der Waals surface area contributed by atoms with Crippen LogP contribution in [-0.4, -0.2) is 30.1 Å². The number of nitrogens with one attached hydrogen (secondary N) is 1. The maximum absolute atomic E-state index is 3.64. The third kappa shape index (κ3) is 3.27. The molecule has 0 bridgehead atoms. The van der Waals surface area contributed by atoms with Gasteiger partial charge in [-0.05, 0) is 30.0 Å². The average Bonchev–Trinajstić information content (AvgIpc) is 2.54. The Bertz CT molecular complexity index is 632. The Morgan fingerprint density at radius 3 is 2.43 bits per heavy atom. The first-order chi connectivity index (χ1) is 10.3. The van der Waals surface area contributed by atoms with Crippen LogP contribution in [0.4, 0.5) is 0 Å². The molecule has 23 heavy (non-hydrogen) atoms. The highest BCUT2D eigenvalue weighted by atomic mass is 35.5. The Labute approximate surface area is 151 Å². The molecular formula is C19H24Cl2N2. The highest BCUT2D eigenvalue weighted by Gasteiger charge is 2.39. The summed E-state index contributed by atoms with van der Waals surface area (Å²) < 4.78 is 0. The monoisotopic (exact) mass is 350 g/mol. The van der Waals surface area contributed by atoms with Crippen molar-refractivity contribution in [3.8, 4) is 0 Å². The van der Waals surface area contributed by atoms with Crippen molar-refractivity contribution in [2.75, 3.05) is 13.1 Å². The van der Waals surface area contributed by atoms with Crippen molar-refractivity contribution in [2.24, 2.45) is 0 Å². The molecule has 2 heterocycles. The molecule has 3 atom stereocenters. The number of halogens is 2. The zero-order chi connectivity index (χ0) is 14.2. The summed E-state index contributed by atoms with van der Waals surface area (Å²) >= 11 is 0. The van der Waals surface area contributed by atoms with E-state index in [2.05, 4.69) is 71.7 Å². The van der Waals surface area contributed by atoms with Crippen LogP contribution in [0.2, 0.25) is 0 Å². The fraction of sp³-hybridized carbons (Fsp3) is 0.368. The van der Waals surface area contributed by atoms with Crippen LogP contribution >= 0.6 is 24.8 Å². The van der Waals surface area contributed by atoms with Gasteiger partial charge in [0.2, 0.25) is 0 Å². The van der Waals surface area contributed by atoms with Crippen molar-refractivity contribution >= 4 is 24.8 Å². The number of benzene rings is 2. The molecule has 0 radical (unpaired) electrons. The van der Waals surface area contributed by atoms with E-state index in [1.807, 2.05) is 0 Å². The molecule has 1 N–H and O–H groups in total. The number of fused-ring (bicyclic) bond motifs is 2. The van der Waals surface area contributed by atoms with Crippen molar-refractivity contribution < 1.29 is 0 Å². The molecule has 2 aromatic rings. The minimum Gasteiger partial charge on any atom is -0.311 e. The number of hydrogen-bond acceptors (Lipinski definition) is 2. The molecule has 3 unspecified atom stereocenters. The third-order valence-corrected chi connectivity index (χ3v) is 5.07. The molecule has 0 spiro atoms. The second-order valence-electron chi connectivity index (χ2n) is 6.26. The van der Waals surface area contributed by atoms with E-state index >= 15 is 0 Å². The van der Waals surface area contributed by atoms with Crippen molar-refractivity contribution in [2.45, 2.75) is 31.5 Å². The van der Waals surface area contributed by atoms with Gasteiger partial charge < -0.3 is 5.32 Å². The molecule has 2 aliphatic rings. The van der Waals surface area contributed by atoms with E-state index in [1.165, 1.54) is 16.7 Å². The fourth-order valence-electron chi connectivity index (χ4n) is 4.02. The first kappa shape index (κ1) is 18.3. The Balaban J connectivity index is 0.000000960. The first-order valence-corrected chi connectivity index (χ1v) is 7.96. The van der Waals surface area contributed by atoms with Crippen LogP contribution < -0.4 is 5.32 Å². The molecule has 4 heteroatoms. The van der Waals surface area contributed by atoms with E-state index in [9.17, 15) is 0 Å². The Morgan fingerprint density at radius 1 is 0.957 bits per heavy atom. The maximum atomic E-state index is 3.64. The molecule has 0 saturated carbocycles. The van der Waals surface area contributed by atoms with E-state index in [4.69, 9.17) is 0 Å². The lowest BCUT2D eigenvalue weighted by molar-refractivity contribution is 0.0824. The average molecular weight is 351 g/mol. The van der Waals surface area contributed by atoms with Gasteiger partial charge in [0, 0.05) is 25.2 Å². The fourth-order valence-corrected chi connectivity index (χ4v) is 4.02. The van der Waals surface area contributed by atoms with E-state index in [1.54, 1.807) is 0 Å². The molecular weight excluding hydrogens is 327 g/mol. The summed E-state index contributed by atoms with van der Waals surface area (Å²) in [7, 11) is 0. The molecule has 0 aromatic heterocycles. The highest BCUT2D eigenvalue weighted by Crippen LogP contribution is 2.39. The highest BCUT2D eigenvalue weighted by molar-refractivity contribution is 5.85. The summed E-state index contributed by atoms with van der Waals surface area (Å²) in [6.45, 7) is 4.54. The maximum Gasteiger partial charge on any atom is 0.0608 e. The molecule has 1 saturated heterocycles. The van der Waals surface area contributed by atoms with Gasteiger partial charge in [-0.2, -0.15) is 0 Å². The Kier molecular flexibility index (Phi) is 6.10. The number of nitrogens with zero attached hydrogens (tertiary/aromatic N) is 1. The van der Waals surface area contributed by atoms with E-state index in [0.29, 0.717) is 18.1 Å². The minimum absolute atomic E-state index is 0. The lowest BCUT2D eigenvalue weighted by Gasteiger charge is -2.49. The Morgan fingerprint density at radius 2 is 1.65 bits per heavy atom. The van der Waals surface area contributed by atoms with Gasteiger partial charge in [0.15, 0.2) is 0 Å². The van der Waals surface area contributed by atoms with Crippen molar-refractivity contribution in [3.63, 3.8) is 0 Å². The van der Waals surface area contributed by atoms with Crippen LogP contribution in [-0.2, 0) is 6.42 Å². The number of rotatable bonds is 1. The van der Waals surface area contributed by atoms with Crippen molar-refractivity contribution in [1.29, 1.82) is 0 Å². The number of hydrogen-bond donors (Lipinski definition) is 1. The van der Waals surface area contributed by atoms with Gasteiger partial charge in [-0.3, -0.25) is 4.90 Å². The first-order valence-electron chi connectivity index (χ1n) is 7.96. The summed E-state index contributed by atoms with van der Waals surface area (Å²) in [5, 5.41) is 3.64. The summed E-state index contributed by atoms with van der Waals surface area (Å²) in [6.07, 6.45) is 1.16. The van der Waals surface area contributed by atoms with Gasteiger partial charge in [0.05, 0.1) is 6.04 Å². The molecule has 1 fully saturated rings. The smallest absolute Gasteiger partial charge is 0.0608 e. The van der Waals surface area contributed by atoms with Gasteiger partial charge >= 0.3 is 0 Å². The zero-order valence-electron chi connectivity index (χ0n) is 13.3. The predicted molar refractivity (Wildman–Crippen MR) is 101 cm³/mol. The zero-order valence-corrected chi connectivity index (χ0v) is 14.9. The quantitative estimate of drug-likeness (QED) is 0.840. The van der Waals surface area contributed by atoms with Gasteiger partial charge in [0.25, 0.3) is 0 Å².